The van der Waals surface area contributed by atoms with Crippen molar-refractivity contribution in [3.8, 4) is 0 Å². The van der Waals surface area contributed by atoms with Crippen LogP contribution in [-0.2, 0) is 0 Å². The van der Waals surface area contributed by atoms with Gasteiger partial charge in [0.15, 0.2) is 0 Å². The minimum absolute atomic E-state index is 0.906. The van der Waals surface area contributed by atoms with Gasteiger partial charge in [-0.2, -0.15) is 11.8 Å². The molecular formula is C7H15NS. The van der Waals surface area contributed by atoms with Crippen LogP contribution in [0, 0.1) is 0 Å². The molecule has 1 fully saturated rings. The molecule has 0 radical (unpaired) electrons. The zero-order valence-corrected chi connectivity index (χ0v) is 7.08. The molecule has 1 atom stereocenters. The summed E-state index contributed by atoms with van der Waals surface area (Å²) >= 11 is 2.13. The summed E-state index contributed by atoms with van der Waals surface area (Å²) in [4.78, 5) is 2.42. The van der Waals surface area contributed by atoms with Crippen LogP contribution in [0.15, 0.2) is 0 Å². The summed E-state index contributed by atoms with van der Waals surface area (Å²) in [6.07, 6.45) is 1.33. The highest BCUT2D eigenvalue weighted by molar-refractivity contribution is 8.00. The van der Waals surface area contributed by atoms with Gasteiger partial charge < -0.3 is 4.90 Å². The Kier molecular flexibility index (Phi) is 2.86. The molecule has 0 aromatic heterocycles. The molecule has 0 N–H and O–H groups in total. The van der Waals surface area contributed by atoms with E-state index in [2.05, 4.69) is 30.6 Å². The number of hydrogen-bond donors (Lipinski definition) is 0. The Hall–Kier alpha value is 0.310. The fraction of sp³-hybridized carbons (Fsp3) is 1.00. The lowest BCUT2D eigenvalue weighted by Gasteiger charge is -2.28. The molecule has 9 heavy (non-hydrogen) atoms. The lowest BCUT2D eigenvalue weighted by Crippen LogP contribution is -2.34. The number of rotatable bonds is 1. The van der Waals surface area contributed by atoms with Crippen molar-refractivity contribution >= 4 is 11.8 Å². The second-order valence-electron chi connectivity index (χ2n) is 2.66. The highest BCUT2D eigenvalue weighted by Crippen LogP contribution is 2.19. The van der Waals surface area contributed by atoms with Crippen molar-refractivity contribution in [1.29, 1.82) is 0 Å². The van der Waals surface area contributed by atoms with Crippen molar-refractivity contribution in [1.82, 2.24) is 4.90 Å². The zero-order chi connectivity index (χ0) is 6.69. The summed E-state index contributed by atoms with van der Waals surface area (Å²) in [6, 6.07) is 0. The summed E-state index contributed by atoms with van der Waals surface area (Å²) in [6.45, 7) is 4.85. The van der Waals surface area contributed by atoms with Crippen LogP contribution >= 0.6 is 11.8 Å². The lowest BCUT2D eigenvalue weighted by atomic mass is 10.3. The van der Waals surface area contributed by atoms with E-state index in [4.69, 9.17) is 0 Å². The van der Waals surface area contributed by atoms with Crippen LogP contribution in [-0.4, -0.2) is 36.0 Å². The standard InChI is InChI=1S/C7H15NS/c1-3-7-6-8(2)4-5-9-7/h7H,3-6H2,1-2H3/t7-/m0/s1. The van der Waals surface area contributed by atoms with Crippen molar-refractivity contribution in [3.63, 3.8) is 0 Å². The first kappa shape index (κ1) is 7.42. The van der Waals surface area contributed by atoms with Crippen molar-refractivity contribution < 1.29 is 0 Å². The number of hydrogen-bond acceptors (Lipinski definition) is 2. The SMILES string of the molecule is CC[C@H]1CN(C)CCS1. The highest BCUT2D eigenvalue weighted by Gasteiger charge is 2.14. The van der Waals surface area contributed by atoms with E-state index in [1.807, 2.05) is 0 Å². The molecule has 1 aliphatic heterocycles. The Morgan fingerprint density at radius 2 is 2.44 bits per heavy atom. The molecule has 0 aromatic carbocycles. The molecule has 1 saturated heterocycles. The Balaban J connectivity index is 2.23. The minimum atomic E-state index is 0.906. The Labute approximate surface area is 61.8 Å². The maximum Gasteiger partial charge on any atom is 0.0172 e. The fourth-order valence-corrected chi connectivity index (χ4v) is 2.46. The molecule has 1 nitrogen and oxygen atoms in total. The van der Waals surface area contributed by atoms with Crippen molar-refractivity contribution in [2.75, 3.05) is 25.9 Å². The van der Waals surface area contributed by atoms with E-state index >= 15 is 0 Å². The number of thioether (sulfide) groups is 1. The molecule has 0 spiro atoms. The Bertz CT molecular complexity index is 85.0. The lowest BCUT2D eigenvalue weighted by molar-refractivity contribution is 0.343. The molecule has 1 heterocycles. The fourth-order valence-electron chi connectivity index (χ4n) is 1.11. The van der Waals surface area contributed by atoms with Crippen LogP contribution < -0.4 is 0 Å². The molecule has 0 unspecified atom stereocenters. The third-order valence-electron chi connectivity index (χ3n) is 1.80. The summed E-state index contributed by atoms with van der Waals surface area (Å²) in [5.41, 5.74) is 0. The van der Waals surface area contributed by atoms with Crippen LogP contribution in [0.3, 0.4) is 0 Å². The maximum absolute atomic E-state index is 2.42. The minimum Gasteiger partial charge on any atom is -0.304 e. The average molecular weight is 145 g/mol. The first-order chi connectivity index (χ1) is 4.33. The van der Waals surface area contributed by atoms with E-state index in [-0.39, 0.29) is 0 Å². The largest absolute Gasteiger partial charge is 0.304 e. The molecule has 1 rings (SSSR count). The van der Waals surface area contributed by atoms with E-state index in [0.717, 1.165) is 5.25 Å². The van der Waals surface area contributed by atoms with Gasteiger partial charge in [0.2, 0.25) is 0 Å². The van der Waals surface area contributed by atoms with Gasteiger partial charge in [0, 0.05) is 24.1 Å². The van der Waals surface area contributed by atoms with Gasteiger partial charge in [0.25, 0.3) is 0 Å². The van der Waals surface area contributed by atoms with Crippen molar-refractivity contribution in [2.45, 2.75) is 18.6 Å². The van der Waals surface area contributed by atoms with Crippen LogP contribution in [0.1, 0.15) is 13.3 Å². The number of nitrogens with zero attached hydrogens (tertiary/aromatic N) is 1. The van der Waals surface area contributed by atoms with Crippen LogP contribution in [0.5, 0.6) is 0 Å². The second-order valence-corrected chi connectivity index (χ2v) is 4.07. The monoisotopic (exact) mass is 145 g/mol. The summed E-state index contributed by atoms with van der Waals surface area (Å²) in [7, 11) is 2.21. The predicted molar refractivity (Wildman–Crippen MR) is 44.0 cm³/mol. The van der Waals surface area contributed by atoms with Gasteiger partial charge in [-0.1, -0.05) is 6.92 Å². The van der Waals surface area contributed by atoms with Crippen molar-refractivity contribution in [2.24, 2.45) is 0 Å². The van der Waals surface area contributed by atoms with Gasteiger partial charge in [-0.05, 0) is 13.5 Å². The molecule has 0 saturated carbocycles. The van der Waals surface area contributed by atoms with E-state index in [0.29, 0.717) is 0 Å². The normalized spacial score (nSPS) is 30.7. The second kappa shape index (κ2) is 3.47. The molecule has 54 valence electrons. The van der Waals surface area contributed by atoms with Gasteiger partial charge >= 0.3 is 0 Å². The van der Waals surface area contributed by atoms with E-state index in [1.54, 1.807) is 0 Å². The third-order valence-corrected chi connectivity index (χ3v) is 3.17. The van der Waals surface area contributed by atoms with E-state index < -0.39 is 0 Å². The van der Waals surface area contributed by atoms with Crippen molar-refractivity contribution in [3.05, 3.63) is 0 Å². The molecule has 1 aliphatic rings. The third kappa shape index (κ3) is 2.18. The van der Waals surface area contributed by atoms with Gasteiger partial charge in [-0.25, -0.2) is 0 Å². The highest BCUT2D eigenvalue weighted by atomic mass is 32.2. The molecular weight excluding hydrogens is 130 g/mol. The van der Waals surface area contributed by atoms with Gasteiger partial charge in [-0.3, -0.25) is 0 Å². The van der Waals surface area contributed by atoms with Gasteiger partial charge in [-0.15, -0.1) is 0 Å². The molecule has 2 heteroatoms. The first-order valence-corrected chi connectivity index (χ1v) is 4.68. The molecule has 0 amide bonds. The quantitative estimate of drug-likeness (QED) is 0.549. The maximum atomic E-state index is 2.42. The van der Waals surface area contributed by atoms with Gasteiger partial charge in [0.1, 0.15) is 0 Å². The van der Waals surface area contributed by atoms with E-state index in [1.165, 1.54) is 25.3 Å². The molecule has 0 aliphatic carbocycles. The smallest absolute Gasteiger partial charge is 0.0172 e. The summed E-state index contributed by atoms with van der Waals surface area (Å²) in [5, 5.41) is 0.906. The molecule has 0 aromatic rings. The van der Waals surface area contributed by atoms with Crippen LogP contribution in [0.25, 0.3) is 0 Å². The van der Waals surface area contributed by atoms with Crippen LogP contribution in [0.4, 0.5) is 0 Å². The van der Waals surface area contributed by atoms with Crippen LogP contribution in [0.2, 0.25) is 0 Å². The zero-order valence-electron chi connectivity index (χ0n) is 6.26. The first-order valence-electron chi connectivity index (χ1n) is 3.63. The molecule has 0 bridgehead atoms. The average Bonchev–Trinajstić information content (AvgIpc) is 1.88. The summed E-state index contributed by atoms with van der Waals surface area (Å²) < 4.78 is 0. The van der Waals surface area contributed by atoms with Gasteiger partial charge in [0.05, 0.1) is 0 Å². The Morgan fingerprint density at radius 1 is 1.67 bits per heavy atom. The topological polar surface area (TPSA) is 3.24 Å². The Morgan fingerprint density at radius 3 is 2.89 bits per heavy atom. The van der Waals surface area contributed by atoms with E-state index in [9.17, 15) is 0 Å². The summed E-state index contributed by atoms with van der Waals surface area (Å²) in [5.74, 6) is 1.33. The predicted octanol–water partition coefficient (Wildman–Crippen LogP) is 1.44.